The first kappa shape index (κ1) is 20.2. The predicted molar refractivity (Wildman–Crippen MR) is 99.8 cm³/mol. The van der Waals surface area contributed by atoms with E-state index in [1.807, 2.05) is 32.2 Å². The number of nitrogens with one attached hydrogen (secondary N) is 2. The molecule has 1 amide bonds. The van der Waals surface area contributed by atoms with Gasteiger partial charge in [-0.3, -0.25) is 9.69 Å². The number of rotatable bonds is 6. The van der Waals surface area contributed by atoms with Crippen LogP contribution in [0.2, 0.25) is 5.02 Å². The summed E-state index contributed by atoms with van der Waals surface area (Å²) in [5, 5.41) is 6.86. The zero-order chi connectivity index (χ0) is 15.9. The van der Waals surface area contributed by atoms with Gasteiger partial charge in [0.2, 0.25) is 5.91 Å². The molecule has 1 saturated heterocycles. The molecule has 0 aliphatic carbocycles. The van der Waals surface area contributed by atoms with Gasteiger partial charge in [-0.15, -0.1) is 12.4 Å². The maximum atomic E-state index is 12.2. The zero-order valence-electron chi connectivity index (χ0n) is 13.9. The standard InChI is InChI=1S/C17H26ClN3O.ClH/c1-13-15(18)4-3-5-16(13)20-17(22)12-21-10-7-14(8-11-21)6-9-19-2;/h3-5,14,19H,6-12H2,1-2H3,(H,20,22);1H. The third kappa shape index (κ3) is 6.30. The first-order valence-electron chi connectivity index (χ1n) is 8.02. The SMILES string of the molecule is CNCCC1CCN(CC(=O)Nc2cccc(Cl)c2C)CC1.Cl. The van der Waals surface area contributed by atoms with Crippen LogP contribution in [0.4, 0.5) is 5.69 Å². The quantitative estimate of drug-likeness (QED) is 0.818. The van der Waals surface area contributed by atoms with Crippen molar-refractivity contribution >= 4 is 35.6 Å². The van der Waals surface area contributed by atoms with Crippen molar-refractivity contribution in [2.24, 2.45) is 5.92 Å². The van der Waals surface area contributed by atoms with Crippen LogP contribution in [0.5, 0.6) is 0 Å². The summed E-state index contributed by atoms with van der Waals surface area (Å²) in [5.41, 5.74) is 1.73. The van der Waals surface area contributed by atoms with Gasteiger partial charge in [-0.1, -0.05) is 17.7 Å². The van der Waals surface area contributed by atoms with Crippen molar-refractivity contribution in [1.29, 1.82) is 0 Å². The van der Waals surface area contributed by atoms with Crippen LogP contribution >= 0.6 is 24.0 Å². The first-order chi connectivity index (χ1) is 10.6. The Morgan fingerprint density at radius 3 is 2.70 bits per heavy atom. The van der Waals surface area contributed by atoms with E-state index >= 15 is 0 Å². The molecule has 0 saturated carbocycles. The smallest absolute Gasteiger partial charge is 0.238 e. The lowest BCUT2D eigenvalue weighted by atomic mass is 9.93. The highest BCUT2D eigenvalue weighted by Crippen LogP contribution is 2.23. The maximum absolute atomic E-state index is 12.2. The number of nitrogens with zero attached hydrogens (tertiary/aromatic N) is 1. The number of likely N-dealkylation sites (tertiary alicyclic amines) is 1. The van der Waals surface area contributed by atoms with Crippen molar-refractivity contribution < 1.29 is 4.79 Å². The average molecular weight is 360 g/mol. The Morgan fingerprint density at radius 2 is 2.04 bits per heavy atom. The van der Waals surface area contributed by atoms with E-state index in [2.05, 4.69) is 15.5 Å². The van der Waals surface area contributed by atoms with Gasteiger partial charge >= 0.3 is 0 Å². The van der Waals surface area contributed by atoms with Crippen molar-refractivity contribution in [3.05, 3.63) is 28.8 Å². The number of carbonyl (C=O) groups excluding carboxylic acids is 1. The largest absolute Gasteiger partial charge is 0.325 e. The minimum atomic E-state index is 0. The average Bonchev–Trinajstić information content (AvgIpc) is 2.51. The number of hydrogen-bond donors (Lipinski definition) is 2. The molecule has 0 aromatic heterocycles. The van der Waals surface area contributed by atoms with Crippen molar-refractivity contribution in [1.82, 2.24) is 10.2 Å². The van der Waals surface area contributed by atoms with Crippen LogP contribution in [0.3, 0.4) is 0 Å². The molecule has 4 nitrogen and oxygen atoms in total. The van der Waals surface area contributed by atoms with Crippen LogP contribution in [0.15, 0.2) is 18.2 Å². The van der Waals surface area contributed by atoms with Crippen molar-refractivity contribution in [3.8, 4) is 0 Å². The highest BCUT2D eigenvalue weighted by atomic mass is 35.5. The molecule has 1 fully saturated rings. The van der Waals surface area contributed by atoms with E-state index < -0.39 is 0 Å². The van der Waals surface area contributed by atoms with E-state index in [1.165, 1.54) is 19.3 Å². The molecule has 2 N–H and O–H groups in total. The molecule has 0 radical (unpaired) electrons. The Kier molecular flexibility index (Phi) is 8.92. The van der Waals surface area contributed by atoms with Gasteiger partial charge < -0.3 is 10.6 Å². The van der Waals surface area contributed by atoms with Crippen molar-refractivity contribution in [3.63, 3.8) is 0 Å². The van der Waals surface area contributed by atoms with Crippen LogP contribution in [-0.2, 0) is 4.79 Å². The monoisotopic (exact) mass is 359 g/mol. The fourth-order valence-electron chi connectivity index (χ4n) is 2.92. The molecule has 6 heteroatoms. The Balaban J connectivity index is 0.00000264. The van der Waals surface area contributed by atoms with E-state index in [0.29, 0.717) is 11.6 Å². The van der Waals surface area contributed by atoms with Gasteiger partial charge in [0.05, 0.1) is 6.54 Å². The normalized spacial score (nSPS) is 16.0. The molecule has 1 aliphatic rings. The second-order valence-corrected chi connectivity index (χ2v) is 6.48. The number of amides is 1. The molecule has 0 unspecified atom stereocenters. The van der Waals surface area contributed by atoms with Crippen molar-refractivity contribution in [2.75, 3.05) is 38.5 Å². The molecule has 23 heavy (non-hydrogen) atoms. The van der Waals surface area contributed by atoms with Gasteiger partial charge in [-0.25, -0.2) is 0 Å². The van der Waals surface area contributed by atoms with Gasteiger partial charge in [-0.05, 0) is 76.5 Å². The number of halogens is 2. The maximum Gasteiger partial charge on any atom is 0.238 e. The fourth-order valence-corrected chi connectivity index (χ4v) is 3.09. The predicted octanol–water partition coefficient (Wildman–Crippen LogP) is 3.33. The highest BCUT2D eigenvalue weighted by Gasteiger charge is 2.20. The summed E-state index contributed by atoms with van der Waals surface area (Å²) in [5.74, 6) is 0.834. The lowest BCUT2D eigenvalue weighted by Crippen LogP contribution is -2.39. The van der Waals surface area contributed by atoms with E-state index in [9.17, 15) is 4.79 Å². The lowest BCUT2D eigenvalue weighted by Gasteiger charge is -2.31. The highest BCUT2D eigenvalue weighted by molar-refractivity contribution is 6.31. The summed E-state index contributed by atoms with van der Waals surface area (Å²) in [6.45, 7) is 5.49. The molecule has 1 heterocycles. The molecular formula is C17H27Cl2N3O. The molecule has 0 atom stereocenters. The second-order valence-electron chi connectivity index (χ2n) is 6.07. The zero-order valence-corrected chi connectivity index (χ0v) is 15.5. The summed E-state index contributed by atoms with van der Waals surface area (Å²) in [4.78, 5) is 14.4. The third-order valence-corrected chi connectivity index (χ3v) is 4.83. The summed E-state index contributed by atoms with van der Waals surface area (Å²) in [7, 11) is 2.00. The van der Waals surface area contributed by atoms with Gasteiger partial charge in [0.25, 0.3) is 0 Å². The summed E-state index contributed by atoms with van der Waals surface area (Å²) < 4.78 is 0. The van der Waals surface area contributed by atoms with Crippen LogP contribution < -0.4 is 10.6 Å². The number of carbonyl (C=O) groups is 1. The van der Waals surface area contributed by atoms with Crippen LogP contribution in [-0.4, -0.2) is 44.0 Å². The molecule has 2 rings (SSSR count). The molecule has 130 valence electrons. The van der Waals surface area contributed by atoms with E-state index in [-0.39, 0.29) is 18.3 Å². The molecule has 1 aromatic carbocycles. The van der Waals surface area contributed by atoms with Crippen LogP contribution in [0, 0.1) is 12.8 Å². The van der Waals surface area contributed by atoms with Gasteiger partial charge in [0.15, 0.2) is 0 Å². The second kappa shape index (κ2) is 10.1. The first-order valence-corrected chi connectivity index (χ1v) is 8.40. The summed E-state index contributed by atoms with van der Waals surface area (Å²) in [6.07, 6.45) is 3.61. The van der Waals surface area contributed by atoms with Gasteiger partial charge in [0.1, 0.15) is 0 Å². The Labute approximate surface area is 150 Å². The summed E-state index contributed by atoms with van der Waals surface area (Å²) >= 11 is 6.08. The number of anilines is 1. The number of hydrogen-bond acceptors (Lipinski definition) is 3. The molecule has 1 aliphatic heterocycles. The van der Waals surface area contributed by atoms with Crippen LogP contribution in [0.1, 0.15) is 24.8 Å². The minimum Gasteiger partial charge on any atom is -0.325 e. The van der Waals surface area contributed by atoms with Gasteiger partial charge in [0, 0.05) is 10.7 Å². The van der Waals surface area contributed by atoms with E-state index in [0.717, 1.165) is 36.8 Å². The molecule has 0 spiro atoms. The third-order valence-electron chi connectivity index (χ3n) is 4.42. The van der Waals surface area contributed by atoms with Crippen LogP contribution in [0.25, 0.3) is 0 Å². The number of benzene rings is 1. The van der Waals surface area contributed by atoms with Gasteiger partial charge in [-0.2, -0.15) is 0 Å². The Hall–Kier alpha value is -0.810. The molecule has 1 aromatic rings. The fraction of sp³-hybridized carbons (Fsp3) is 0.588. The summed E-state index contributed by atoms with van der Waals surface area (Å²) in [6, 6.07) is 5.59. The topological polar surface area (TPSA) is 44.4 Å². The number of piperidine rings is 1. The molecular weight excluding hydrogens is 333 g/mol. The molecule has 0 bridgehead atoms. The lowest BCUT2D eigenvalue weighted by molar-refractivity contribution is -0.117. The van der Waals surface area contributed by atoms with E-state index in [1.54, 1.807) is 0 Å². The van der Waals surface area contributed by atoms with Crippen molar-refractivity contribution in [2.45, 2.75) is 26.2 Å². The Bertz CT molecular complexity index is 503. The Morgan fingerprint density at radius 1 is 1.35 bits per heavy atom. The van der Waals surface area contributed by atoms with E-state index in [4.69, 9.17) is 11.6 Å². The minimum absolute atomic E-state index is 0.